The van der Waals surface area contributed by atoms with E-state index in [0.29, 0.717) is 28.5 Å². The number of ether oxygens (including phenoxy) is 1. The molecule has 1 aliphatic carbocycles. The minimum atomic E-state index is -0.170. The Morgan fingerprint density at radius 3 is 2.68 bits per heavy atom. The molecule has 144 valence electrons. The van der Waals surface area contributed by atoms with Crippen molar-refractivity contribution in [3.63, 3.8) is 0 Å². The van der Waals surface area contributed by atoms with Gasteiger partial charge in [-0.05, 0) is 56.2 Å². The maximum Gasteiger partial charge on any atom is 0.228 e. The van der Waals surface area contributed by atoms with Gasteiger partial charge >= 0.3 is 0 Å². The SMILES string of the molecule is COc1ccc(C(C)=O)cc1CC(=O)Nc1ccc2c(c1)nc(C1CC1)n2C. The summed E-state index contributed by atoms with van der Waals surface area (Å²) in [4.78, 5) is 28.9. The highest BCUT2D eigenvalue weighted by atomic mass is 16.5. The van der Waals surface area contributed by atoms with Crippen LogP contribution in [0.3, 0.4) is 0 Å². The molecule has 3 aromatic rings. The van der Waals surface area contributed by atoms with Gasteiger partial charge in [-0.1, -0.05) is 0 Å². The number of carbonyl (C=O) groups excluding carboxylic acids is 2. The molecule has 1 aliphatic rings. The number of imidazole rings is 1. The van der Waals surface area contributed by atoms with Crippen molar-refractivity contribution in [2.24, 2.45) is 7.05 Å². The molecule has 6 nitrogen and oxygen atoms in total. The molecule has 2 aromatic carbocycles. The second kappa shape index (κ2) is 7.11. The zero-order valence-corrected chi connectivity index (χ0v) is 16.3. The fraction of sp³-hybridized carbons (Fsp3) is 0.318. The topological polar surface area (TPSA) is 73.2 Å². The van der Waals surface area contributed by atoms with Crippen molar-refractivity contribution in [1.29, 1.82) is 0 Å². The average molecular weight is 377 g/mol. The second-order valence-electron chi connectivity index (χ2n) is 7.31. The normalized spacial score (nSPS) is 13.5. The number of nitrogens with one attached hydrogen (secondary N) is 1. The van der Waals surface area contributed by atoms with Gasteiger partial charge in [-0.25, -0.2) is 4.98 Å². The van der Waals surface area contributed by atoms with Gasteiger partial charge in [-0.15, -0.1) is 0 Å². The number of fused-ring (bicyclic) bond motifs is 1. The smallest absolute Gasteiger partial charge is 0.228 e. The summed E-state index contributed by atoms with van der Waals surface area (Å²) in [5, 5.41) is 2.93. The van der Waals surface area contributed by atoms with E-state index in [9.17, 15) is 9.59 Å². The van der Waals surface area contributed by atoms with Crippen molar-refractivity contribution in [1.82, 2.24) is 9.55 Å². The van der Waals surface area contributed by atoms with E-state index in [4.69, 9.17) is 9.72 Å². The maximum absolute atomic E-state index is 12.6. The third kappa shape index (κ3) is 3.50. The van der Waals surface area contributed by atoms with Crippen molar-refractivity contribution >= 4 is 28.4 Å². The predicted octanol–water partition coefficient (Wildman–Crippen LogP) is 3.84. The number of ketones is 1. The molecule has 0 saturated heterocycles. The Balaban J connectivity index is 1.54. The van der Waals surface area contributed by atoms with Crippen LogP contribution in [0, 0.1) is 0 Å². The number of nitrogens with zero attached hydrogens (tertiary/aromatic N) is 2. The number of methoxy groups -OCH3 is 1. The van der Waals surface area contributed by atoms with Crippen molar-refractivity contribution < 1.29 is 14.3 Å². The third-order valence-corrected chi connectivity index (χ3v) is 5.18. The van der Waals surface area contributed by atoms with E-state index in [0.717, 1.165) is 16.9 Å². The number of Topliss-reactive ketones (excluding diaryl/α,β-unsaturated/α-hetero) is 1. The maximum atomic E-state index is 12.6. The van der Waals surface area contributed by atoms with E-state index in [1.165, 1.54) is 19.8 Å². The molecule has 1 aromatic heterocycles. The lowest BCUT2D eigenvalue weighted by Crippen LogP contribution is -2.15. The number of hydrogen-bond acceptors (Lipinski definition) is 4. The highest BCUT2D eigenvalue weighted by Crippen LogP contribution is 2.40. The highest BCUT2D eigenvalue weighted by Gasteiger charge is 2.28. The Bertz CT molecular complexity index is 1080. The quantitative estimate of drug-likeness (QED) is 0.663. The number of carbonyl (C=O) groups is 2. The van der Waals surface area contributed by atoms with Crippen LogP contribution in [-0.2, 0) is 18.3 Å². The fourth-order valence-electron chi connectivity index (χ4n) is 3.52. The van der Waals surface area contributed by atoms with Crippen molar-refractivity contribution in [3.8, 4) is 5.75 Å². The van der Waals surface area contributed by atoms with E-state index < -0.39 is 0 Å². The number of hydrogen-bond donors (Lipinski definition) is 1. The number of benzene rings is 2. The Kier molecular flexibility index (Phi) is 4.63. The molecule has 0 radical (unpaired) electrons. The monoisotopic (exact) mass is 377 g/mol. The third-order valence-electron chi connectivity index (χ3n) is 5.18. The summed E-state index contributed by atoms with van der Waals surface area (Å²) >= 11 is 0. The molecule has 0 unspecified atom stereocenters. The van der Waals surface area contributed by atoms with Gasteiger partial charge < -0.3 is 14.6 Å². The average Bonchev–Trinajstić information content (AvgIpc) is 3.46. The van der Waals surface area contributed by atoms with Crippen LogP contribution in [0.25, 0.3) is 11.0 Å². The largest absolute Gasteiger partial charge is 0.496 e. The fourth-order valence-corrected chi connectivity index (χ4v) is 3.52. The molecule has 0 aliphatic heterocycles. The predicted molar refractivity (Wildman–Crippen MR) is 108 cm³/mol. The summed E-state index contributed by atoms with van der Waals surface area (Å²) in [7, 11) is 3.59. The Morgan fingerprint density at radius 2 is 2.00 bits per heavy atom. The van der Waals surface area contributed by atoms with Gasteiger partial charge in [0.15, 0.2) is 5.78 Å². The number of rotatable bonds is 6. The van der Waals surface area contributed by atoms with Gasteiger partial charge in [-0.3, -0.25) is 9.59 Å². The Morgan fingerprint density at radius 1 is 1.21 bits per heavy atom. The van der Waals surface area contributed by atoms with Gasteiger partial charge in [0.25, 0.3) is 0 Å². The lowest BCUT2D eigenvalue weighted by atomic mass is 10.0. The first-order valence-electron chi connectivity index (χ1n) is 9.40. The Labute approximate surface area is 163 Å². The molecule has 4 rings (SSSR count). The van der Waals surface area contributed by atoms with Crippen molar-refractivity contribution in [3.05, 3.63) is 53.3 Å². The molecular formula is C22H23N3O3. The molecule has 1 heterocycles. The summed E-state index contributed by atoms with van der Waals surface area (Å²) in [6, 6.07) is 10.9. The van der Waals surface area contributed by atoms with Crippen molar-refractivity contribution in [2.75, 3.05) is 12.4 Å². The molecule has 1 fully saturated rings. The summed E-state index contributed by atoms with van der Waals surface area (Å²) < 4.78 is 7.46. The summed E-state index contributed by atoms with van der Waals surface area (Å²) in [6.45, 7) is 1.50. The lowest BCUT2D eigenvalue weighted by Gasteiger charge is -2.10. The van der Waals surface area contributed by atoms with Crippen molar-refractivity contribution in [2.45, 2.75) is 32.1 Å². The van der Waals surface area contributed by atoms with Gasteiger partial charge in [0.05, 0.1) is 24.6 Å². The molecule has 0 spiro atoms. The van der Waals surface area contributed by atoms with Gasteiger partial charge in [0, 0.05) is 29.8 Å². The number of anilines is 1. The van der Waals surface area contributed by atoms with Crippen LogP contribution in [0.15, 0.2) is 36.4 Å². The first kappa shape index (κ1) is 18.2. The number of aryl methyl sites for hydroxylation is 1. The van der Waals surface area contributed by atoms with Gasteiger partial charge in [0.1, 0.15) is 11.6 Å². The van der Waals surface area contributed by atoms with Crippen LogP contribution in [0.5, 0.6) is 5.75 Å². The van der Waals surface area contributed by atoms with Crippen LogP contribution in [0.2, 0.25) is 0 Å². The van der Waals surface area contributed by atoms with E-state index in [2.05, 4.69) is 9.88 Å². The molecule has 0 bridgehead atoms. The molecule has 0 atom stereocenters. The number of aromatic nitrogens is 2. The highest BCUT2D eigenvalue weighted by molar-refractivity contribution is 5.97. The first-order chi connectivity index (χ1) is 13.5. The van der Waals surface area contributed by atoms with E-state index in [-0.39, 0.29) is 18.1 Å². The second-order valence-corrected chi connectivity index (χ2v) is 7.31. The minimum absolute atomic E-state index is 0.0450. The van der Waals surface area contributed by atoms with Crippen LogP contribution in [0.4, 0.5) is 5.69 Å². The summed E-state index contributed by atoms with van der Waals surface area (Å²) in [5.41, 5.74) is 3.91. The molecular weight excluding hydrogens is 354 g/mol. The molecule has 28 heavy (non-hydrogen) atoms. The zero-order chi connectivity index (χ0) is 19.8. The molecule has 1 amide bonds. The molecule has 6 heteroatoms. The summed E-state index contributed by atoms with van der Waals surface area (Å²) in [6.07, 6.45) is 2.52. The molecule has 1 N–H and O–H groups in total. The van der Waals surface area contributed by atoms with Crippen LogP contribution >= 0.6 is 0 Å². The minimum Gasteiger partial charge on any atom is -0.496 e. The summed E-state index contributed by atoms with van der Waals surface area (Å²) in [5.74, 6) is 2.06. The van der Waals surface area contributed by atoms with Gasteiger partial charge in [-0.2, -0.15) is 0 Å². The van der Waals surface area contributed by atoms with Crippen LogP contribution in [-0.4, -0.2) is 28.4 Å². The first-order valence-corrected chi connectivity index (χ1v) is 9.40. The number of amides is 1. The van der Waals surface area contributed by atoms with Gasteiger partial charge in [0.2, 0.25) is 5.91 Å². The molecule has 1 saturated carbocycles. The Hall–Kier alpha value is -3.15. The van der Waals surface area contributed by atoms with E-state index in [1.54, 1.807) is 25.3 Å². The lowest BCUT2D eigenvalue weighted by molar-refractivity contribution is -0.115. The van der Waals surface area contributed by atoms with Crippen LogP contribution < -0.4 is 10.1 Å². The van der Waals surface area contributed by atoms with Crippen LogP contribution in [0.1, 0.15) is 47.4 Å². The van der Waals surface area contributed by atoms with E-state index in [1.807, 2.05) is 25.2 Å². The van der Waals surface area contributed by atoms with E-state index >= 15 is 0 Å². The standard InChI is InChI=1S/C22H23N3O3/c1-13(26)15-6-9-20(28-3)16(10-15)11-21(27)23-17-7-8-19-18(12-17)24-22(25(19)2)14-4-5-14/h6-10,12,14H,4-5,11H2,1-3H3,(H,23,27). The zero-order valence-electron chi connectivity index (χ0n) is 16.3.